The molecule has 0 aromatic heterocycles. The first-order chi connectivity index (χ1) is 10.1. The van der Waals surface area contributed by atoms with E-state index in [0.29, 0.717) is 0 Å². The van der Waals surface area contributed by atoms with Crippen LogP contribution in [0.2, 0.25) is 0 Å². The van der Waals surface area contributed by atoms with Crippen LogP contribution in [0.3, 0.4) is 0 Å². The number of rotatable bonds is 5. The Morgan fingerprint density at radius 1 is 1.43 bits per heavy atom. The van der Waals surface area contributed by atoms with Gasteiger partial charge in [0.1, 0.15) is 6.10 Å². The monoisotopic (exact) mass is 350 g/mol. The van der Waals surface area contributed by atoms with E-state index in [1.54, 1.807) is 13.0 Å². The van der Waals surface area contributed by atoms with Crippen LogP contribution in [0, 0.1) is 5.92 Å². The summed E-state index contributed by atoms with van der Waals surface area (Å²) in [7, 11) is 0. The quantitative estimate of drug-likeness (QED) is 0.654. The van der Waals surface area contributed by atoms with Crippen LogP contribution in [-0.4, -0.2) is 23.3 Å². The second-order valence-electron chi connectivity index (χ2n) is 5.24. The third kappa shape index (κ3) is 4.57. The second kappa shape index (κ2) is 7.60. The Balaban J connectivity index is 1.84. The summed E-state index contributed by atoms with van der Waals surface area (Å²) in [4.78, 5) is 11.3. The smallest absolute Gasteiger partial charge is 0.312 e. The molecule has 21 heavy (non-hydrogen) atoms. The summed E-state index contributed by atoms with van der Waals surface area (Å²) in [5.74, 6) is -0.823. The van der Waals surface area contributed by atoms with Gasteiger partial charge < -0.3 is 9.84 Å². The van der Waals surface area contributed by atoms with Crippen LogP contribution in [0.15, 0.2) is 46.6 Å². The van der Waals surface area contributed by atoms with Gasteiger partial charge >= 0.3 is 5.97 Å². The van der Waals surface area contributed by atoms with Gasteiger partial charge in [-0.25, -0.2) is 0 Å². The number of cyclic esters (lactones) is 1. The van der Waals surface area contributed by atoms with Crippen molar-refractivity contribution >= 4 is 21.9 Å². The molecule has 1 fully saturated rings. The van der Waals surface area contributed by atoms with Crippen LogP contribution in [0.1, 0.15) is 25.3 Å². The minimum Gasteiger partial charge on any atom is -0.454 e. The lowest BCUT2D eigenvalue weighted by molar-refractivity contribution is -0.142. The van der Waals surface area contributed by atoms with Crippen molar-refractivity contribution in [2.45, 2.75) is 38.4 Å². The van der Waals surface area contributed by atoms with E-state index in [4.69, 9.17) is 4.74 Å². The van der Waals surface area contributed by atoms with Gasteiger partial charge in [-0.2, -0.15) is 0 Å². The van der Waals surface area contributed by atoms with Gasteiger partial charge in [0.2, 0.25) is 0 Å². The van der Waals surface area contributed by atoms with E-state index in [2.05, 4.69) is 33.8 Å². The highest BCUT2D eigenvalue weighted by molar-refractivity contribution is 9.11. The minimum atomic E-state index is -0.783. The number of esters is 1. The molecule has 0 radical (unpaired) electrons. The Bertz CT molecular complexity index is 546. The van der Waals surface area contributed by atoms with Crippen LogP contribution in [0.4, 0.5) is 0 Å². The molecule has 2 rings (SSSR count). The van der Waals surface area contributed by atoms with E-state index in [1.165, 1.54) is 5.56 Å². The predicted octanol–water partition coefficient (Wildman–Crippen LogP) is 3.37. The number of carbonyl (C=O) groups excluding carboxylic acids is 1. The fraction of sp³-hybridized carbons (Fsp3) is 0.412. The van der Waals surface area contributed by atoms with Crippen LogP contribution in [-0.2, 0) is 16.0 Å². The number of aliphatic hydroxyl groups excluding tert-OH is 1. The first-order valence-electron chi connectivity index (χ1n) is 7.11. The highest BCUT2D eigenvalue weighted by atomic mass is 79.9. The normalized spacial score (nSPS) is 24.3. The minimum absolute atomic E-state index is 0.356. The summed E-state index contributed by atoms with van der Waals surface area (Å²) in [6.07, 6.45) is 3.13. The van der Waals surface area contributed by atoms with E-state index >= 15 is 0 Å². The largest absolute Gasteiger partial charge is 0.454 e. The highest BCUT2D eigenvalue weighted by Gasteiger charge is 2.39. The molecule has 1 saturated heterocycles. The number of aliphatic hydroxyl groups is 1. The van der Waals surface area contributed by atoms with E-state index in [0.717, 1.165) is 23.7 Å². The molecule has 1 N–H and O–H groups in total. The lowest BCUT2D eigenvalue weighted by Gasteiger charge is -2.07. The number of aryl methyl sites for hydroxylation is 1. The Hall–Kier alpha value is -1.35. The average molecular weight is 351 g/mol. The van der Waals surface area contributed by atoms with Crippen molar-refractivity contribution in [2.75, 3.05) is 0 Å². The molecule has 1 aliphatic heterocycles. The summed E-state index contributed by atoms with van der Waals surface area (Å²) in [5, 5.41) is 9.82. The fourth-order valence-corrected chi connectivity index (χ4v) is 2.62. The zero-order valence-electron chi connectivity index (χ0n) is 12.0. The maximum Gasteiger partial charge on any atom is 0.312 e. The van der Waals surface area contributed by atoms with E-state index < -0.39 is 18.1 Å². The van der Waals surface area contributed by atoms with Crippen LogP contribution >= 0.6 is 15.9 Å². The lowest BCUT2D eigenvalue weighted by Crippen LogP contribution is -2.23. The number of carbonyl (C=O) groups is 1. The maximum absolute atomic E-state index is 11.3. The van der Waals surface area contributed by atoms with Crippen molar-refractivity contribution in [3.63, 3.8) is 0 Å². The molecule has 0 bridgehead atoms. The van der Waals surface area contributed by atoms with Crippen LogP contribution < -0.4 is 0 Å². The van der Waals surface area contributed by atoms with Crippen molar-refractivity contribution in [1.29, 1.82) is 0 Å². The molecule has 3 nitrogen and oxygen atoms in total. The van der Waals surface area contributed by atoms with E-state index in [9.17, 15) is 9.90 Å². The van der Waals surface area contributed by atoms with Crippen LogP contribution in [0.25, 0.3) is 0 Å². The Kier molecular flexibility index (Phi) is 5.80. The van der Waals surface area contributed by atoms with Crippen molar-refractivity contribution in [3.8, 4) is 0 Å². The van der Waals surface area contributed by atoms with Gasteiger partial charge in [0, 0.05) is 10.6 Å². The summed E-state index contributed by atoms with van der Waals surface area (Å²) >= 11 is 3.46. The number of benzene rings is 1. The molecule has 3 atom stereocenters. The van der Waals surface area contributed by atoms with Gasteiger partial charge in [0.15, 0.2) is 6.10 Å². The Morgan fingerprint density at radius 3 is 2.76 bits per heavy atom. The molecule has 1 heterocycles. The van der Waals surface area contributed by atoms with Crippen molar-refractivity contribution < 1.29 is 14.6 Å². The molecule has 0 aliphatic carbocycles. The molecule has 4 heteroatoms. The van der Waals surface area contributed by atoms with Gasteiger partial charge in [-0.1, -0.05) is 30.3 Å². The summed E-state index contributed by atoms with van der Waals surface area (Å²) in [5.41, 5.74) is 4.37. The summed E-state index contributed by atoms with van der Waals surface area (Å²) < 4.78 is 5.99. The summed E-state index contributed by atoms with van der Waals surface area (Å²) in [6.45, 7) is 1.67. The van der Waals surface area contributed by atoms with E-state index in [1.807, 2.05) is 18.2 Å². The summed E-state index contributed by atoms with van der Waals surface area (Å²) in [6, 6.07) is 10.3. The molecule has 112 valence electrons. The molecule has 1 aromatic carbocycles. The number of hydrogen-bond donors (Lipinski definition) is 1. The lowest BCUT2D eigenvalue weighted by atomic mass is 10.0. The van der Waals surface area contributed by atoms with Crippen molar-refractivity contribution in [3.05, 3.63) is 52.2 Å². The topological polar surface area (TPSA) is 46.5 Å². The number of halogens is 1. The molecular weight excluding hydrogens is 332 g/mol. The highest BCUT2D eigenvalue weighted by Crippen LogP contribution is 2.22. The Labute approximate surface area is 133 Å². The van der Waals surface area contributed by atoms with Crippen molar-refractivity contribution in [1.82, 2.24) is 0 Å². The maximum atomic E-state index is 11.3. The molecule has 0 unspecified atom stereocenters. The number of ether oxygens (including phenoxy) is 1. The first-order valence-corrected chi connectivity index (χ1v) is 7.91. The van der Waals surface area contributed by atoms with E-state index in [-0.39, 0.29) is 5.97 Å². The predicted molar refractivity (Wildman–Crippen MR) is 85.0 cm³/mol. The third-order valence-corrected chi connectivity index (χ3v) is 4.21. The van der Waals surface area contributed by atoms with Gasteiger partial charge in [0.05, 0.1) is 5.92 Å². The third-order valence-electron chi connectivity index (χ3n) is 3.58. The number of hydrogen-bond acceptors (Lipinski definition) is 3. The molecule has 0 amide bonds. The molecular formula is C17H19BrO3. The standard InChI is InChI=1S/C17H19BrO3/c1-12-16(19)15(21-17(12)20)11-10-14(18)9-5-8-13-6-3-2-4-7-13/h2-4,6-7,11-12,15-16,19H,5,8-9H2,1H3/t10?,12-,15-,16-/m1/s1. The second-order valence-corrected chi connectivity index (χ2v) is 6.19. The Morgan fingerprint density at radius 2 is 2.14 bits per heavy atom. The molecule has 0 saturated carbocycles. The first kappa shape index (κ1) is 16.0. The van der Waals surface area contributed by atoms with Gasteiger partial charge in [-0.05, 0) is 47.7 Å². The molecule has 1 aromatic rings. The van der Waals surface area contributed by atoms with Gasteiger partial charge in [-0.3, -0.25) is 4.79 Å². The van der Waals surface area contributed by atoms with Gasteiger partial charge in [-0.15, -0.1) is 5.73 Å². The average Bonchev–Trinajstić information content (AvgIpc) is 2.73. The zero-order chi connectivity index (χ0) is 15.2. The fourth-order valence-electron chi connectivity index (χ4n) is 2.20. The zero-order valence-corrected chi connectivity index (χ0v) is 13.5. The van der Waals surface area contributed by atoms with Crippen molar-refractivity contribution in [2.24, 2.45) is 5.92 Å². The van der Waals surface area contributed by atoms with Crippen LogP contribution in [0.5, 0.6) is 0 Å². The van der Waals surface area contributed by atoms with Gasteiger partial charge in [0.25, 0.3) is 0 Å². The SMILES string of the molecule is C[C@H]1C(=O)O[C@H](C=C=C(Br)CCCc2ccccc2)[C@@H]1O. The molecule has 1 aliphatic rings. The molecule has 0 spiro atoms.